The molecule has 1 saturated heterocycles. The lowest BCUT2D eigenvalue weighted by atomic mass is 10.1. The molecular formula is C8H10N2O3S. The van der Waals surface area contributed by atoms with Crippen LogP contribution in [0.4, 0.5) is 0 Å². The van der Waals surface area contributed by atoms with Gasteiger partial charge in [0.25, 0.3) is 0 Å². The molecule has 1 aromatic rings. The zero-order valence-electron chi connectivity index (χ0n) is 7.47. The SMILES string of the molecule is O=C(O)Cc1noc(C2CCSC2)n1. The minimum atomic E-state index is -0.932. The Morgan fingerprint density at radius 3 is 3.21 bits per heavy atom. The molecule has 1 N–H and O–H groups in total. The van der Waals surface area contributed by atoms with E-state index in [9.17, 15) is 4.79 Å². The van der Waals surface area contributed by atoms with Gasteiger partial charge in [0.05, 0.1) is 0 Å². The second-order valence-electron chi connectivity index (χ2n) is 3.18. The molecule has 1 aliphatic rings. The Morgan fingerprint density at radius 2 is 2.57 bits per heavy atom. The van der Waals surface area contributed by atoms with Gasteiger partial charge in [-0.1, -0.05) is 5.16 Å². The number of hydrogen-bond donors (Lipinski definition) is 1. The molecule has 2 rings (SSSR count). The smallest absolute Gasteiger partial charge is 0.311 e. The summed E-state index contributed by atoms with van der Waals surface area (Å²) in [5.74, 6) is 2.35. The van der Waals surface area contributed by atoms with Crippen LogP contribution in [-0.2, 0) is 11.2 Å². The number of carboxylic acid groups (broad SMARTS) is 1. The summed E-state index contributed by atoms with van der Waals surface area (Å²) in [6.07, 6.45) is 0.878. The van der Waals surface area contributed by atoms with Crippen LogP contribution in [0.3, 0.4) is 0 Å². The number of hydrogen-bond acceptors (Lipinski definition) is 5. The van der Waals surface area contributed by atoms with Crippen molar-refractivity contribution in [2.24, 2.45) is 0 Å². The molecule has 1 aromatic heterocycles. The molecule has 14 heavy (non-hydrogen) atoms. The minimum Gasteiger partial charge on any atom is -0.481 e. The van der Waals surface area contributed by atoms with Crippen LogP contribution in [-0.4, -0.2) is 32.7 Å². The first-order valence-electron chi connectivity index (χ1n) is 4.37. The molecule has 2 heterocycles. The summed E-state index contributed by atoms with van der Waals surface area (Å²) in [6, 6.07) is 0. The van der Waals surface area contributed by atoms with Crippen molar-refractivity contribution in [3.8, 4) is 0 Å². The third-order valence-electron chi connectivity index (χ3n) is 2.07. The average molecular weight is 214 g/mol. The van der Waals surface area contributed by atoms with Gasteiger partial charge >= 0.3 is 5.97 Å². The Morgan fingerprint density at radius 1 is 1.71 bits per heavy atom. The number of thioether (sulfide) groups is 1. The summed E-state index contributed by atoms with van der Waals surface area (Å²) in [7, 11) is 0. The molecule has 5 nitrogen and oxygen atoms in total. The van der Waals surface area contributed by atoms with Crippen molar-refractivity contribution in [1.82, 2.24) is 10.1 Å². The molecule has 1 fully saturated rings. The maximum absolute atomic E-state index is 10.4. The Bertz CT molecular complexity index is 333. The Kier molecular flexibility index (Phi) is 2.72. The maximum Gasteiger partial charge on any atom is 0.311 e. The predicted molar refractivity (Wildman–Crippen MR) is 50.3 cm³/mol. The van der Waals surface area contributed by atoms with Gasteiger partial charge in [0.15, 0.2) is 5.82 Å². The fourth-order valence-electron chi connectivity index (χ4n) is 1.37. The van der Waals surface area contributed by atoms with Gasteiger partial charge in [-0.05, 0) is 12.2 Å². The summed E-state index contributed by atoms with van der Waals surface area (Å²) in [5, 5.41) is 12.1. The van der Waals surface area contributed by atoms with Crippen LogP contribution in [0.2, 0.25) is 0 Å². The highest BCUT2D eigenvalue weighted by molar-refractivity contribution is 7.99. The van der Waals surface area contributed by atoms with Crippen LogP contribution in [0.1, 0.15) is 24.1 Å². The van der Waals surface area contributed by atoms with E-state index in [2.05, 4.69) is 10.1 Å². The lowest BCUT2D eigenvalue weighted by Gasteiger charge is -1.97. The molecule has 0 spiro atoms. The van der Waals surface area contributed by atoms with Gasteiger partial charge in [-0.15, -0.1) is 0 Å². The highest BCUT2D eigenvalue weighted by atomic mass is 32.2. The molecule has 0 aliphatic carbocycles. The van der Waals surface area contributed by atoms with Crippen molar-refractivity contribution in [2.75, 3.05) is 11.5 Å². The van der Waals surface area contributed by atoms with Gasteiger partial charge in [0, 0.05) is 11.7 Å². The summed E-state index contributed by atoms with van der Waals surface area (Å²) in [5.41, 5.74) is 0. The van der Waals surface area contributed by atoms with E-state index < -0.39 is 5.97 Å². The van der Waals surface area contributed by atoms with Crippen molar-refractivity contribution in [3.05, 3.63) is 11.7 Å². The van der Waals surface area contributed by atoms with Crippen LogP contribution >= 0.6 is 11.8 Å². The molecule has 0 radical (unpaired) electrons. The third kappa shape index (κ3) is 2.06. The van der Waals surface area contributed by atoms with Crippen LogP contribution in [0.15, 0.2) is 4.52 Å². The molecular weight excluding hydrogens is 204 g/mol. The van der Waals surface area contributed by atoms with E-state index in [0.717, 1.165) is 17.9 Å². The van der Waals surface area contributed by atoms with E-state index >= 15 is 0 Å². The molecule has 76 valence electrons. The normalized spacial score (nSPS) is 21.3. The number of carbonyl (C=O) groups is 1. The van der Waals surface area contributed by atoms with Crippen molar-refractivity contribution in [2.45, 2.75) is 18.8 Å². The molecule has 0 bridgehead atoms. The fourth-order valence-corrected chi connectivity index (χ4v) is 2.58. The van der Waals surface area contributed by atoms with E-state index in [1.165, 1.54) is 0 Å². The predicted octanol–water partition coefficient (Wildman–Crippen LogP) is 0.917. The molecule has 1 atom stereocenters. The van der Waals surface area contributed by atoms with Gasteiger partial charge < -0.3 is 9.63 Å². The molecule has 1 unspecified atom stereocenters. The molecule has 1 aliphatic heterocycles. The Balaban J connectivity index is 2.05. The van der Waals surface area contributed by atoms with Gasteiger partial charge in [0.2, 0.25) is 5.89 Å². The fraction of sp³-hybridized carbons (Fsp3) is 0.625. The van der Waals surface area contributed by atoms with Crippen molar-refractivity contribution >= 4 is 17.7 Å². The zero-order chi connectivity index (χ0) is 9.97. The summed E-state index contributed by atoms with van der Waals surface area (Å²) in [4.78, 5) is 14.4. The number of nitrogens with zero attached hydrogens (tertiary/aromatic N) is 2. The van der Waals surface area contributed by atoms with Crippen LogP contribution in [0.5, 0.6) is 0 Å². The topological polar surface area (TPSA) is 76.2 Å². The summed E-state index contributed by atoms with van der Waals surface area (Å²) < 4.78 is 5.01. The maximum atomic E-state index is 10.4. The Hall–Kier alpha value is -1.04. The Labute approximate surface area is 84.9 Å². The van der Waals surface area contributed by atoms with E-state index in [1.54, 1.807) is 0 Å². The number of rotatable bonds is 3. The zero-order valence-corrected chi connectivity index (χ0v) is 8.29. The highest BCUT2D eigenvalue weighted by Gasteiger charge is 2.23. The molecule has 0 saturated carbocycles. The van der Waals surface area contributed by atoms with Gasteiger partial charge in [-0.3, -0.25) is 4.79 Å². The first kappa shape index (κ1) is 9.51. The largest absolute Gasteiger partial charge is 0.481 e. The lowest BCUT2D eigenvalue weighted by Crippen LogP contribution is -2.02. The first-order valence-corrected chi connectivity index (χ1v) is 5.53. The number of carboxylic acids is 1. The average Bonchev–Trinajstić information content (AvgIpc) is 2.69. The van der Waals surface area contributed by atoms with Gasteiger partial charge in [0.1, 0.15) is 6.42 Å². The monoisotopic (exact) mass is 214 g/mol. The number of aromatic nitrogens is 2. The van der Waals surface area contributed by atoms with E-state index in [4.69, 9.17) is 9.63 Å². The van der Waals surface area contributed by atoms with Gasteiger partial charge in [-0.25, -0.2) is 0 Å². The van der Waals surface area contributed by atoms with Crippen LogP contribution < -0.4 is 0 Å². The van der Waals surface area contributed by atoms with Crippen LogP contribution in [0, 0.1) is 0 Å². The molecule has 0 aromatic carbocycles. The summed E-state index contributed by atoms with van der Waals surface area (Å²) in [6.45, 7) is 0. The van der Waals surface area contributed by atoms with E-state index in [1.807, 2.05) is 11.8 Å². The van der Waals surface area contributed by atoms with E-state index in [-0.39, 0.29) is 12.2 Å². The summed E-state index contributed by atoms with van der Waals surface area (Å²) >= 11 is 1.86. The molecule has 6 heteroatoms. The standard InChI is InChI=1S/C8H10N2O3S/c11-7(12)3-6-9-8(13-10-6)5-1-2-14-4-5/h5H,1-4H2,(H,11,12). The quantitative estimate of drug-likeness (QED) is 0.806. The number of aliphatic carboxylic acids is 1. The highest BCUT2D eigenvalue weighted by Crippen LogP contribution is 2.31. The van der Waals surface area contributed by atoms with E-state index in [0.29, 0.717) is 11.8 Å². The third-order valence-corrected chi connectivity index (χ3v) is 3.23. The second-order valence-corrected chi connectivity index (χ2v) is 4.33. The first-order chi connectivity index (χ1) is 6.75. The molecule has 0 amide bonds. The second kappa shape index (κ2) is 4.00. The van der Waals surface area contributed by atoms with Crippen molar-refractivity contribution in [3.63, 3.8) is 0 Å². The van der Waals surface area contributed by atoms with Gasteiger partial charge in [-0.2, -0.15) is 16.7 Å². The minimum absolute atomic E-state index is 0.163. The van der Waals surface area contributed by atoms with Crippen molar-refractivity contribution in [1.29, 1.82) is 0 Å². The lowest BCUT2D eigenvalue weighted by molar-refractivity contribution is -0.136. The van der Waals surface area contributed by atoms with Crippen LogP contribution in [0.25, 0.3) is 0 Å². The van der Waals surface area contributed by atoms with Crippen molar-refractivity contribution < 1.29 is 14.4 Å².